The molecule has 3 nitrogen and oxygen atoms in total. The summed E-state index contributed by atoms with van der Waals surface area (Å²) in [5.41, 5.74) is 0.831. The number of ether oxygens (including phenoxy) is 1. The Kier molecular flexibility index (Phi) is 2.79. The Bertz CT molecular complexity index is 324. The van der Waals surface area contributed by atoms with Crippen molar-refractivity contribution in [3.8, 4) is 5.75 Å². The fourth-order valence-corrected chi connectivity index (χ4v) is 1.73. The van der Waals surface area contributed by atoms with Crippen LogP contribution in [0.5, 0.6) is 5.75 Å². The summed E-state index contributed by atoms with van der Waals surface area (Å²) < 4.78 is 5.24. The molecule has 0 spiro atoms. The van der Waals surface area contributed by atoms with Crippen LogP contribution in [0.25, 0.3) is 0 Å². The summed E-state index contributed by atoms with van der Waals surface area (Å²) in [5, 5.41) is 10.2. The predicted molar refractivity (Wildman–Crippen MR) is 56.1 cm³/mol. The molecule has 1 aromatic carbocycles. The number of nitrogens with zero attached hydrogens (tertiary/aromatic N) is 1. The van der Waals surface area contributed by atoms with Crippen LogP contribution in [0, 0.1) is 0 Å². The van der Waals surface area contributed by atoms with Gasteiger partial charge in [0.1, 0.15) is 5.75 Å². The Hall–Kier alpha value is -0.930. The lowest BCUT2D eigenvalue weighted by Gasteiger charge is -2.29. The molecule has 2 rings (SSSR count). The van der Waals surface area contributed by atoms with Crippen LogP contribution in [0.3, 0.4) is 0 Å². The van der Waals surface area contributed by atoms with Gasteiger partial charge >= 0.3 is 0 Å². The van der Waals surface area contributed by atoms with Gasteiger partial charge in [-0.2, -0.15) is 0 Å². The Labute approximate surface area is 87.9 Å². The molecule has 0 atom stereocenters. The van der Waals surface area contributed by atoms with Gasteiger partial charge in [0.15, 0.2) is 0 Å². The Morgan fingerprint density at radius 1 is 1.29 bits per heavy atom. The molecule has 1 aliphatic rings. The Morgan fingerprint density at radius 2 is 2.00 bits per heavy atom. The maximum atomic E-state index is 9.68. The van der Waals surface area contributed by atoms with Crippen molar-refractivity contribution < 1.29 is 9.84 Å². The first-order valence-electron chi connectivity index (χ1n) is 4.58. The molecule has 1 saturated heterocycles. The van der Waals surface area contributed by atoms with Gasteiger partial charge in [-0.15, -0.1) is 0 Å². The highest BCUT2D eigenvalue weighted by atomic mass is 35.5. The third-order valence-electron chi connectivity index (χ3n) is 2.29. The normalized spacial score (nSPS) is 17.1. The second kappa shape index (κ2) is 4.07. The third-order valence-corrected chi connectivity index (χ3v) is 2.52. The highest BCUT2D eigenvalue weighted by Crippen LogP contribution is 2.30. The highest BCUT2D eigenvalue weighted by molar-refractivity contribution is 6.30. The average Bonchev–Trinajstić information content (AvgIpc) is 2.19. The summed E-state index contributed by atoms with van der Waals surface area (Å²) in [4.78, 5) is 2.09. The molecule has 1 N–H and O–H groups in total. The quantitative estimate of drug-likeness (QED) is 0.773. The number of anilines is 1. The number of halogens is 1. The highest BCUT2D eigenvalue weighted by Gasteiger charge is 2.14. The topological polar surface area (TPSA) is 32.7 Å². The number of hydrogen-bond donors (Lipinski definition) is 1. The smallest absolute Gasteiger partial charge is 0.140 e. The fraction of sp³-hybridized carbons (Fsp3) is 0.400. The van der Waals surface area contributed by atoms with E-state index in [0.717, 1.165) is 18.8 Å². The van der Waals surface area contributed by atoms with Gasteiger partial charge in [-0.3, -0.25) is 0 Å². The lowest BCUT2D eigenvalue weighted by Crippen LogP contribution is -2.36. The first-order valence-corrected chi connectivity index (χ1v) is 4.96. The Morgan fingerprint density at radius 3 is 2.64 bits per heavy atom. The molecule has 14 heavy (non-hydrogen) atoms. The summed E-state index contributed by atoms with van der Waals surface area (Å²) in [7, 11) is 0. The molecular formula is C10H12ClNO2. The summed E-state index contributed by atoms with van der Waals surface area (Å²) >= 11 is 5.75. The van der Waals surface area contributed by atoms with Gasteiger partial charge in [-0.25, -0.2) is 0 Å². The molecular weight excluding hydrogens is 202 g/mol. The maximum absolute atomic E-state index is 9.68. The first kappa shape index (κ1) is 9.62. The van der Waals surface area contributed by atoms with E-state index < -0.39 is 0 Å². The monoisotopic (exact) mass is 213 g/mol. The molecule has 0 aliphatic carbocycles. The van der Waals surface area contributed by atoms with E-state index in [1.807, 2.05) is 6.07 Å². The van der Waals surface area contributed by atoms with Gasteiger partial charge in [-0.05, 0) is 12.1 Å². The van der Waals surface area contributed by atoms with Crippen molar-refractivity contribution in [2.24, 2.45) is 0 Å². The minimum absolute atomic E-state index is 0.236. The molecule has 0 amide bonds. The standard InChI is InChI=1S/C10H12ClNO2/c11-8-1-2-9(10(13)7-8)12-3-5-14-6-4-12/h1-2,7,13H,3-6H2. The van der Waals surface area contributed by atoms with Crippen molar-refractivity contribution in [2.45, 2.75) is 0 Å². The molecule has 1 fully saturated rings. The fourth-order valence-electron chi connectivity index (χ4n) is 1.57. The summed E-state index contributed by atoms with van der Waals surface area (Å²) in [6, 6.07) is 5.18. The maximum Gasteiger partial charge on any atom is 0.140 e. The number of morpholine rings is 1. The minimum atomic E-state index is 0.236. The SMILES string of the molecule is Oc1cc(Cl)ccc1N1CCOCC1. The van der Waals surface area contributed by atoms with Crippen molar-refractivity contribution in [3.63, 3.8) is 0 Å². The van der Waals surface area contributed by atoms with Gasteiger partial charge < -0.3 is 14.7 Å². The van der Waals surface area contributed by atoms with E-state index in [9.17, 15) is 5.11 Å². The minimum Gasteiger partial charge on any atom is -0.506 e. The number of aromatic hydroxyl groups is 1. The van der Waals surface area contributed by atoms with E-state index >= 15 is 0 Å². The van der Waals surface area contributed by atoms with Gasteiger partial charge in [0.05, 0.1) is 18.9 Å². The molecule has 0 bridgehead atoms. The van der Waals surface area contributed by atoms with Crippen LogP contribution in [-0.2, 0) is 4.74 Å². The van der Waals surface area contributed by atoms with Gasteiger partial charge in [0, 0.05) is 24.2 Å². The largest absolute Gasteiger partial charge is 0.506 e. The van der Waals surface area contributed by atoms with Crippen LogP contribution in [-0.4, -0.2) is 31.4 Å². The van der Waals surface area contributed by atoms with E-state index in [4.69, 9.17) is 16.3 Å². The van der Waals surface area contributed by atoms with Crippen LogP contribution in [0.4, 0.5) is 5.69 Å². The molecule has 1 aliphatic heterocycles. The number of rotatable bonds is 1. The number of hydrogen-bond acceptors (Lipinski definition) is 3. The number of phenolic OH excluding ortho intramolecular Hbond substituents is 1. The van der Waals surface area contributed by atoms with E-state index in [-0.39, 0.29) is 5.75 Å². The second-order valence-electron chi connectivity index (χ2n) is 3.23. The molecule has 1 heterocycles. The summed E-state index contributed by atoms with van der Waals surface area (Å²) in [6.07, 6.45) is 0. The zero-order valence-corrected chi connectivity index (χ0v) is 8.50. The molecule has 0 radical (unpaired) electrons. The predicted octanol–water partition coefficient (Wildman–Crippen LogP) is 1.88. The van der Waals surface area contributed by atoms with E-state index in [0.29, 0.717) is 18.2 Å². The van der Waals surface area contributed by atoms with Crippen LogP contribution in [0.15, 0.2) is 18.2 Å². The van der Waals surface area contributed by atoms with Crippen LogP contribution >= 0.6 is 11.6 Å². The summed E-state index contributed by atoms with van der Waals surface area (Å²) in [5.74, 6) is 0.236. The van der Waals surface area contributed by atoms with Crippen molar-refractivity contribution in [1.82, 2.24) is 0 Å². The molecule has 1 aromatic rings. The van der Waals surface area contributed by atoms with E-state index in [2.05, 4.69) is 4.90 Å². The molecule has 4 heteroatoms. The molecule has 0 unspecified atom stereocenters. The number of phenols is 1. The first-order chi connectivity index (χ1) is 6.77. The molecule has 0 saturated carbocycles. The second-order valence-corrected chi connectivity index (χ2v) is 3.67. The molecule has 76 valence electrons. The van der Waals surface area contributed by atoms with Gasteiger partial charge in [-0.1, -0.05) is 11.6 Å². The van der Waals surface area contributed by atoms with Crippen molar-refractivity contribution in [2.75, 3.05) is 31.2 Å². The van der Waals surface area contributed by atoms with Crippen molar-refractivity contribution >= 4 is 17.3 Å². The zero-order chi connectivity index (χ0) is 9.97. The zero-order valence-electron chi connectivity index (χ0n) is 7.74. The van der Waals surface area contributed by atoms with Crippen LogP contribution < -0.4 is 4.90 Å². The number of benzene rings is 1. The average molecular weight is 214 g/mol. The van der Waals surface area contributed by atoms with Crippen LogP contribution in [0.2, 0.25) is 5.02 Å². The summed E-state index contributed by atoms with van der Waals surface area (Å²) in [6.45, 7) is 3.05. The lowest BCUT2D eigenvalue weighted by atomic mass is 10.2. The van der Waals surface area contributed by atoms with E-state index in [1.165, 1.54) is 0 Å². The molecule has 0 aromatic heterocycles. The van der Waals surface area contributed by atoms with Gasteiger partial charge in [0.25, 0.3) is 0 Å². The van der Waals surface area contributed by atoms with Crippen molar-refractivity contribution in [3.05, 3.63) is 23.2 Å². The van der Waals surface area contributed by atoms with Crippen molar-refractivity contribution in [1.29, 1.82) is 0 Å². The van der Waals surface area contributed by atoms with E-state index in [1.54, 1.807) is 12.1 Å². The van der Waals surface area contributed by atoms with Gasteiger partial charge in [0.2, 0.25) is 0 Å². The Balaban J connectivity index is 2.22. The van der Waals surface area contributed by atoms with Crippen LogP contribution in [0.1, 0.15) is 0 Å². The lowest BCUT2D eigenvalue weighted by molar-refractivity contribution is 0.122. The third kappa shape index (κ3) is 1.94.